The van der Waals surface area contributed by atoms with Gasteiger partial charge in [0.25, 0.3) is 0 Å². The van der Waals surface area contributed by atoms with Crippen molar-refractivity contribution in [3.63, 3.8) is 0 Å². The molecule has 0 aromatic heterocycles. The number of hydrogen-bond donors (Lipinski definition) is 1. The molecular formula is C20H26ClNO2. The Hall–Kier alpha value is -1.71. The lowest BCUT2D eigenvalue weighted by molar-refractivity contribution is 0.306. The van der Waals surface area contributed by atoms with Gasteiger partial charge in [-0.2, -0.15) is 0 Å². The lowest BCUT2D eigenvalue weighted by atomic mass is 10.1. The van der Waals surface area contributed by atoms with Gasteiger partial charge in [-0.15, -0.1) is 0 Å². The van der Waals surface area contributed by atoms with E-state index < -0.39 is 0 Å². The molecule has 0 aliphatic carbocycles. The number of rotatable bonds is 9. The summed E-state index contributed by atoms with van der Waals surface area (Å²) in [5.41, 5.74) is 2.39. The first-order valence-corrected chi connectivity index (χ1v) is 8.78. The van der Waals surface area contributed by atoms with E-state index in [0.29, 0.717) is 30.0 Å². The zero-order valence-electron chi connectivity index (χ0n) is 14.6. The summed E-state index contributed by atoms with van der Waals surface area (Å²) in [6.45, 7) is 5.45. The molecular weight excluding hydrogens is 322 g/mol. The van der Waals surface area contributed by atoms with Crippen LogP contribution in [-0.2, 0) is 13.0 Å². The molecule has 0 aliphatic heterocycles. The van der Waals surface area contributed by atoms with Crippen LogP contribution in [0.2, 0.25) is 5.02 Å². The molecule has 0 bridgehead atoms. The highest BCUT2D eigenvalue weighted by molar-refractivity contribution is 6.30. The fourth-order valence-corrected chi connectivity index (χ4v) is 2.86. The summed E-state index contributed by atoms with van der Waals surface area (Å²) >= 11 is 6.19. The van der Waals surface area contributed by atoms with Crippen molar-refractivity contribution < 1.29 is 9.47 Å². The first kappa shape index (κ1) is 18.6. The van der Waals surface area contributed by atoms with Gasteiger partial charge in [0.05, 0.1) is 13.7 Å². The Kier molecular flexibility index (Phi) is 7.41. The topological polar surface area (TPSA) is 30.5 Å². The van der Waals surface area contributed by atoms with Gasteiger partial charge >= 0.3 is 0 Å². The van der Waals surface area contributed by atoms with Crippen molar-refractivity contribution >= 4 is 11.6 Å². The zero-order valence-corrected chi connectivity index (χ0v) is 15.4. The Morgan fingerprint density at radius 3 is 2.58 bits per heavy atom. The van der Waals surface area contributed by atoms with Crippen LogP contribution in [0.3, 0.4) is 0 Å². The van der Waals surface area contributed by atoms with Gasteiger partial charge in [-0.3, -0.25) is 0 Å². The molecule has 0 aliphatic rings. The predicted octanol–water partition coefficient (Wildman–Crippen LogP) is 4.86. The minimum atomic E-state index is 0.393. The van der Waals surface area contributed by atoms with Gasteiger partial charge in [0.1, 0.15) is 0 Å². The van der Waals surface area contributed by atoms with E-state index in [1.165, 1.54) is 5.56 Å². The number of ether oxygens (including phenoxy) is 2. The molecule has 1 N–H and O–H groups in total. The smallest absolute Gasteiger partial charge is 0.165 e. The normalized spacial score (nSPS) is 12.0. The minimum absolute atomic E-state index is 0.393. The molecule has 0 radical (unpaired) electrons. The summed E-state index contributed by atoms with van der Waals surface area (Å²) in [6, 6.07) is 14.7. The first-order chi connectivity index (χ1) is 11.6. The standard InChI is InChI=1S/C20H26ClNO2/c1-4-24-20-17(12-18(21)13-19(20)23-3)14-22-15(2)10-11-16-8-6-5-7-9-16/h5-9,12-13,15,22H,4,10-11,14H2,1-3H3/t15-/m1/s1. The molecule has 0 fully saturated rings. The fourth-order valence-electron chi connectivity index (χ4n) is 2.63. The molecule has 1 atom stereocenters. The van der Waals surface area contributed by atoms with E-state index in [2.05, 4.69) is 36.5 Å². The van der Waals surface area contributed by atoms with E-state index in [4.69, 9.17) is 21.1 Å². The first-order valence-electron chi connectivity index (χ1n) is 8.40. The number of methoxy groups -OCH3 is 1. The lowest BCUT2D eigenvalue weighted by Gasteiger charge is -2.18. The number of nitrogens with one attached hydrogen (secondary N) is 1. The van der Waals surface area contributed by atoms with Crippen LogP contribution in [0.15, 0.2) is 42.5 Å². The van der Waals surface area contributed by atoms with E-state index in [-0.39, 0.29) is 0 Å². The molecule has 0 spiro atoms. The van der Waals surface area contributed by atoms with E-state index in [0.717, 1.165) is 24.2 Å². The average molecular weight is 348 g/mol. The van der Waals surface area contributed by atoms with Crippen LogP contribution >= 0.6 is 11.6 Å². The molecule has 0 heterocycles. The molecule has 3 nitrogen and oxygen atoms in total. The van der Waals surface area contributed by atoms with E-state index in [1.807, 2.05) is 19.1 Å². The number of hydrogen-bond acceptors (Lipinski definition) is 3. The van der Waals surface area contributed by atoms with Crippen LogP contribution < -0.4 is 14.8 Å². The third-order valence-electron chi connectivity index (χ3n) is 3.95. The van der Waals surface area contributed by atoms with Crippen molar-refractivity contribution in [2.75, 3.05) is 13.7 Å². The Balaban J connectivity index is 1.96. The molecule has 2 aromatic carbocycles. The molecule has 24 heavy (non-hydrogen) atoms. The summed E-state index contributed by atoms with van der Waals surface area (Å²) in [6.07, 6.45) is 2.14. The zero-order chi connectivity index (χ0) is 17.4. The summed E-state index contributed by atoms with van der Waals surface area (Å²) in [5, 5.41) is 4.21. The monoisotopic (exact) mass is 347 g/mol. The fraction of sp³-hybridized carbons (Fsp3) is 0.400. The second kappa shape index (κ2) is 9.55. The van der Waals surface area contributed by atoms with E-state index >= 15 is 0 Å². The molecule has 130 valence electrons. The summed E-state index contributed by atoms with van der Waals surface area (Å²) in [4.78, 5) is 0. The van der Waals surface area contributed by atoms with Crippen molar-refractivity contribution in [1.82, 2.24) is 5.32 Å². The van der Waals surface area contributed by atoms with Crippen molar-refractivity contribution in [3.05, 3.63) is 58.6 Å². The average Bonchev–Trinajstić information content (AvgIpc) is 2.60. The number of aryl methyl sites for hydroxylation is 1. The maximum Gasteiger partial charge on any atom is 0.165 e. The van der Waals surface area contributed by atoms with E-state index in [1.54, 1.807) is 13.2 Å². The maximum absolute atomic E-state index is 6.19. The van der Waals surface area contributed by atoms with Gasteiger partial charge < -0.3 is 14.8 Å². The molecule has 2 rings (SSSR count). The SMILES string of the molecule is CCOc1c(CN[C@H](C)CCc2ccccc2)cc(Cl)cc1OC. The van der Waals surface area contributed by atoms with Gasteiger partial charge in [-0.25, -0.2) is 0 Å². The van der Waals surface area contributed by atoms with Crippen molar-refractivity contribution in [3.8, 4) is 11.5 Å². The Morgan fingerprint density at radius 2 is 1.92 bits per heavy atom. The van der Waals surface area contributed by atoms with Crippen LogP contribution in [0.25, 0.3) is 0 Å². The number of halogens is 1. The third kappa shape index (κ3) is 5.43. The molecule has 0 amide bonds. The molecule has 2 aromatic rings. The number of benzene rings is 2. The largest absolute Gasteiger partial charge is 0.493 e. The van der Waals surface area contributed by atoms with Gasteiger partial charge in [0.2, 0.25) is 0 Å². The second-order valence-electron chi connectivity index (χ2n) is 5.84. The van der Waals surface area contributed by atoms with Crippen molar-refractivity contribution in [1.29, 1.82) is 0 Å². The lowest BCUT2D eigenvalue weighted by Crippen LogP contribution is -2.26. The second-order valence-corrected chi connectivity index (χ2v) is 6.27. The molecule has 0 saturated heterocycles. The van der Waals surface area contributed by atoms with E-state index in [9.17, 15) is 0 Å². The van der Waals surface area contributed by atoms with Crippen LogP contribution in [0.4, 0.5) is 0 Å². The Labute approximate surface area is 149 Å². The maximum atomic E-state index is 6.19. The summed E-state index contributed by atoms with van der Waals surface area (Å²) in [7, 11) is 1.63. The summed E-state index contributed by atoms with van der Waals surface area (Å²) in [5.74, 6) is 1.45. The summed E-state index contributed by atoms with van der Waals surface area (Å²) < 4.78 is 11.1. The van der Waals surface area contributed by atoms with Crippen molar-refractivity contribution in [2.24, 2.45) is 0 Å². The molecule has 4 heteroatoms. The highest BCUT2D eigenvalue weighted by Gasteiger charge is 2.13. The van der Waals surface area contributed by atoms with Crippen LogP contribution in [0.1, 0.15) is 31.4 Å². The van der Waals surface area contributed by atoms with Gasteiger partial charge in [-0.1, -0.05) is 41.9 Å². The van der Waals surface area contributed by atoms with Crippen LogP contribution in [0.5, 0.6) is 11.5 Å². The van der Waals surface area contributed by atoms with Gasteiger partial charge in [0, 0.05) is 29.2 Å². The highest BCUT2D eigenvalue weighted by atomic mass is 35.5. The molecule has 0 saturated carbocycles. The van der Waals surface area contributed by atoms with Gasteiger partial charge in [-0.05, 0) is 38.3 Å². The Bertz CT molecular complexity index is 631. The predicted molar refractivity (Wildman–Crippen MR) is 100 cm³/mol. The van der Waals surface area contributed by atoms with Crippen molar-refractivity contribution in [2.45, 2.75) is 39.3 Å². The van der Waals surface area contributed by atoms with Crippen LogP contribution in [-0.4, -0.2) is 19.8 Å². The minimum Gasteiger partial charge on any atom is -0.493 e. The van der Waals surface area contributed by atoms with Gasteiger partial charge in [0.15, 0.2) is 11.5 Å². The molecule has 0 unspecified atom stereocenters. The van der Waals surface area contributed by atoms with Crippen LogP contribution in [0, 0.1) is 0 Å². The highest BCUT2D eigenvalue weighted by Crippen LogP contribution is 2.34. The Morgan fingerprint density at radius 1 is 1.17 bits per heavy atom. The quantitative estimate of drug-likeness (QED) is 0.702. The third-order valence-corrected chi connectivity index (χ3v) is 4.17.